The lowest BCUT2D eigenvalue weighted by Gasteiger charge is -2.01. The van der Waals surface area contributed by atoms with E-state index in [1.54, 1.807) is 6.07 Å². The van der Waals surface area contributed by atoms with Gasteiger partial charge >= 0.3 is 0 Å². The summed E-state index contributed by atoms with van der Waals surface area (Å²) in [6.45, 7) is 0.772. The lowest BCUT2D eigenvalue weighted by atomic mass is 10.2. The molecule has 14 heavy (non-hydrogen) atoms. The lowest BCUT2D eigenvalue weighted by molar-refractivity contribution is 0.690. The fraction of sp³-hybridized carbons (Fsp3) is 0.100. The first-order chi connectivity index (χ1) is 6.74. The minimum Gasteiger partial charge on any atom is -0.382 e. The van der Waals surface area contributed by atoms with Gasteiger partial charge in [-0.05, 0) is 46.4 Å². The molecule has 0 fully saturated rings. The number of aromatic nitrogens is 2. The van der Waals surface area contributed by atoms with Crippen LogP contribution >= 0.6 is 22.6 Å². The van der Waals surface area contributed by atoms with Crippen molar-refractivity contribution in [2.45, 2.75) is 6.54 Å². The van der Waals surface area contributed by atoms with Crippen molar-refractivity contribution in [2.75, 3.05) is 5.73 Å². The standard InChI is InChI=1S/C10H10IN3/c11-9-3-1-8(2-4-9)7-14-6-5-10(12)13-14/h1-6H,7H2,(H2,12,13). The van der Waals surface area contributed by atoms with Crippen LogP contribution in [-0.2, 0) is 6.54 Å². The predicted octanol–water partition coefficient (Wildman–Crippen LogP) is 2.12. The predicted molar refractivity (Wildman–Crippen MR) is 64.9 cm³/mol. The summed E-state index contributed by atoms with van der Waals surface area (Å²) in [5.74, 6) is 0.565. The van der Waals surface area contributed by atoms with E-state index >= 15 is 0 Å². The largest absolute Gasteiger partial charge is 0.382 e. The second-order valence-electron chi connectivity index (χ2n) is 3.06. The van der Waals surface area contributed by atoms with Crippen molar-refractivity contribution in [2.24, 2.45) is 0 Å². The molecule has 3 nitrogen and oxygen atoms in total. The maximum Gasteiger partial charge on any atom is 0.145 e. The van der Waals surface area contributed by atoms with E-state index in [2.05, 4.69) is 52.0 Å². The summed E-state index contributed by atoms with van der Waals surface area (Å²) in [6.07, 6.45) is 1.88. The van der Waals surface area contributed by atoms with Crippen LogP contribution in [0.3, 0.4) is 0 Å². The zero-order chi connectivity index (χ0) is 9.97. The van der Waals surface area contributed by atoms with Crippen LogP contribution in [0.15, 0.2) is 36.5 Å². The summed E-state index contributed by atoms with van der Waals surface area (Å²) < 4.78 is 3.07. The maximum absolute atomic E-state index is 5.52. The Hall–Kier alpha value is -1.04. The number of hydrogen-bond acceptors (Lipinski definition) is 2. The molecule has 1 aromatic carbocycles. The SMILES string of the molecule is Nc1ccn(Cc2ccc(I)cc2)n1. The van der Waals surface area contributed by atoms with Crippen LogP contribution < -0.4 is 5.73 Å². The molecule has 0 spiro atoms. The third-order valence-electron chi connectivity index (χ3n) is 1.92. The number of anilines is 1. The molecular formula is C10H10IN3. The zero-order valence-electron chi connectivity index (χ0n) is 7.52. The summed E-state index contributed by atoms with van der Waals surface area (Å²) in [5.41, 5.74) is 6.75. The van der Waals surface area contributed by atoms with Gasteiger partial charge in [0.2, 0.25) is 0 Å². The highest BCUT2D eigenvalue weighted by Gasteiger charge is 1.96. The van der Waals surface area contributed by atoms with Gasteiger partial charge in [0.25, 0.3) is 0 Å². The second kappa shape index (κ2) is 4.00. The van der Waals surface area contributed by atoms with Crippen LogP contribution in [-0.4, -0.2) is 9.78 Å². The Balaban J connectivity index is 2.15. The van der Waals surface area contributed by atoms with Crippen molar-refractivity contribution in [3.63, 3.8) is 0 Å². The molecule has 0 bridgehead atoms. The molecule has 2 aromatic rings. The molecule has 0 radical (unpaired) electrons. The van der Waals surface area contributed by atoms with E-state index in [9.17, 15) is 0 Å². The van der Waals surface area contributed by atoms with Gasteiger partial charge in [-0.2, -0.15) is 5.10 Å². The van der Waals surface area contributed by atoms with Gasteiger partial charge in [0, 0.05) is 9.77 Å². The van der Waals surface area contributed by atoms with Gasteiger partial charge in [-0.1, -0.05) is 12.1 Å². The highest BCUT2D eigenvalue weighted by molar-refractivity contribution is 14.1. The molecule has 72 valence electrons. The summed E-state index contributed by atoms with van der Waals surface area (Å²) in [4.78, 5) is 0. The molecule has 1 aromatic heterocycles. The zero-order valence-corrected chi connectivity index (χ0v) is 9.68. The number of benzene rings is 1. The van der Waals surface area contributed by atoms with Gasteiger partial charge in [0.1, 0.15) is 5.82 Å². The van der Waals surface area contributed by atoms with Gasteiger partial charge in [0.15, 0.2) is 0 Å². The molecule has 0 aliphatic rings. The van der Waals surface area contributed by atoms with Crippen molar-refractivity contribution in [3.8, 4) is 0 Å². The smallest absolute Gasteiger partial charge is 0.145 e. The molecule has 0 aliphatic carbocycles. The average molecular weight is 299 g/mol. The Morgan fingerprint density at radius 3 is 2.50 bits per heavy atom. The molecule has 2 N–H and O–H groups in total. The van der Waals surface area contributed by atoms with Crippen molar-refractivity contribution in [1.82, 2.24) is 9.78 Å². The number of halogens is 1. The lowest BCUT2D eigenvalue weighted by Crippen LogP contribution is -2.00. The summed E-state index contributed by atoms with van der Waals surface area (Å²) in [5, 5.41) is 4.12. The van der Waals surface area contributed by atoms with Crippen molar-refractivity contribution in [1.29, 1.82) is 0 Å². The fourth-order valence-electron chi connectivity index (χ4n) is 1.24. The molecular weight excluding hydrogens is 289 g/mol. The number of hydrogen-bond donors (Lipinski definition) is 1. The van der Waals surface area contributed by atoms with E-state index in [-0.39, 0.29) is 0 Å². The Bertz CT molecular complexity index is 419. The third kappa shape index (κ3) is 2.25. The second-order valence-corrected chi connectivity index (χ2v) is 4.31. The van der Waals surface area contributed by atoms with E-state index in [4.69, 9.17) is 5.73 Å². The minimum atomic E-state index is 0.565. The maximum atomic E-state index is 5.52. The normalized spacial score (nSPS) is 10.4. The van der Waals surface area contributed by atoms with Crippen molar-refractivity contribution in [3.05, 3.63) is 45.7 Å². The first-order valence-electron chi connectivity index (χ1n) is 4.27. The Morgan fingerprint density at radius 2 is 1.93 bits per heavy atom. The Morgan fingerprint density at radius 1 is 1.21 bits per heavy atom. The molecule has 0 atom stereocenters. The molecule has 0 aliphatic heterocycles. The van der Waals surface area contributed by atoms with Gasteiger partial charge in [0.05, 0.1) is 6.54 Å². The number of nitrogens with zero attached hydrogens (tertiary/aromatic N) is 2. The average Bonchev–Trinajstić information content (AvgIpc) is 2.56. The first kappa shape index (κ1) is 9.51. The Labute approximate surface area is 96.1 Å². The van der Waals surface area contributed by atoms with Crippen LogP contribution in [0.25, 0.3) is 0 Å². The van der Waals surface area contributed by atoms with E-state index < -0.39 is 0 Å². The summed E-state index contributed by atoms with van der Waals surface area (Å²) in [7, 11) is 0. The summed E-state index contributed by atoms with van der Waals surface area (Å²) >= 11 is 2.29. The molecule has 1 heterocycles. The summed E-state index contributed by atoms with van der Waals surface area (Å²) in [6, 6.07) is 10.2. The third-order valence-corrected chi connectivity index (χ3v) is 2.64. The fourth-order valence-corrected chi connectivity index (χ4v) is 1.60. The number of nitrogens with two attached hydrogens (primary N) is 1. The highest BCUT2D eigenvalue weighted by Crippen LogP contribution is 2.08. The van der Waals surface area contributed by atoms with Crippen molar-refractivity contribution < 1.29 is 0 Å². The molecule has 0 saturated heterocycles. The number of rotatable bonds is 2. The van der Waals surface area contributed by atoms with Crippen molar-refractivity contribution >= 4 is 28.4 Å². The van der Waals surface area contributed by atoms with Gasteiger partial charge < -0.3 is 5.73 Å². The topological polar surface area (TPSA) is 43.8 Å². The highest BCUT2D eigenvalue weighted by atomic mass is 127. The van der Waals surface area contributed by atoms with Crippen LogP contribution in [0, 0.1) is 3.57 Å². The molecule has 4 heteroatoms. The monoisotopic (exact) mass is 299 g/mol. The molecule has 0 saturated carbocycles. The van der Waals surface area contributed by atoms with E-state index in [0.717, 1.165) is 6.54 Å². The van der Waals surface area contributed by atoms with E-state index in [1.165, 1.54) is 9.13 Å². The first-order valence-corrected chi connectivity index (χ1v) is 5.35. The van der Waals surface area contributed by atoms with Crippen LogP contribution in [0.5, 0.6) is 0 Å². The van der Waals surface area contributed by atoms with E-state index in [0.29, 0.717) is 5.82 Å². The van der Waals surface area contributed by atoms with Gasteiger partial charge in [-0.15, -0.1) is 0 Å². The van der Waals surface area contributed by atoms with Crippen LogP contribution in [0.1, 0.15) is 5.56 Å². The van der Waals surface area contributed by atoms with Crippen LogP contribution in [0.2, 0.25) is 0 Å². The molecule has 0 amide bonds. The number of nitrogen functional groups attached to an aromatic ring is 1. The van der Waals surface area contributed by atoms with Crippen LogP contribution in [0.4, 0.5) is 5.82 Å². The molecule has 2 rings (SSSR count). The quantitative estimate of drug-likeness (QED) is 0.863. The van der Waals surface area contributed by atoms with E-state index in [1.807, 2.05) is 10.9 Å². The van der Waals surface area contributed by atoms with Gasteiger partial charge in [-0.25, -0.2) is 0 Å². The minimum absolute atomic E-state index is 0.565. The molecule has 0 unspecified atom stereocenters. The van der Waals surface area contributed by atoms with Gasteiger partial charge in [-0.3, -0.25) is 4.68 Å². The Kier molecular flexibility index (Phi) is 2.72.